The van der Waals surface area contributed by atoms with Gasteiger partial charge in [0.1, 0.15) is 0 Å². The van der Waals surface area contributed by atoms with Gasteiger partial charge in [-0.05, 0) is 25.2 Å². The molecule has 1 saturated carbocycles. The lowest BCUT2D eigenvalue weighted by Crippen LogP contribution is -2.45. The molecular weight excluding hydrogens is 218 g/mol. The van der Waals surface area contributed by atoms with Crippen LogP contribution in [0.15, 0.2) is 0 Å². The fraction of sp³-hybridized carbons (Fsp3) is 0.846. The van der Waals surface area contributed by atoms with E-state index in [-0.39, 0.29) is 17.9 Å². The predicted octanol–water partition coefficient (Wildman–Crippen LogP) is 2.04. The van der Waals surface area contributed by atoms with Gasteiger partial charge < -0.3 is 10.4 Å². The molecule has 0 heterocycles. The van der Waals surface area contributed by atoms with Crippen molar-refractivity contribution in [3.05, 3.63) is 0 Å². The van der Waals surface area contributed by atoms with E-state index >= 15 is 0 Å². The first-order valence-electron chi connectivity index (χ1n) is 6.36. The molecule has 0 aromatic heterocycles. The summed E-state index contributed by atoms with van der Waals surface area (Å²) < 4.78 is 0. The molecule has 0 aromatic carbocycles. The highest BCUT2D eigenvalue weighted by molar-refractivity contribution is 5.83. The van der Waals surface area contributed by atoms with Gasteiger partial charge in [0.25, 0.3) is 0 Å². The molecule has 0 spiro atoms. The summed E-state index contributed by atoms with van der Waals surface area (Å²) in [6.07, 6.45) is 3.53. The van der Waals surface area contributed by atoms with Gasteiger partial charge in [-0.15, -0.1) is 0 Å². The van der Waals surface area contributed by atoms with E-state index in [9.17, 15) is 9.59 Å². The van der Waals surface area contributed by atoms with Crippen molar-refractivity contribution in [1.29, 1.82) is 0 Å². The number of carbonyl (C=O) groups is 2. The Labute approximate surface area is 103 Å². The summed E-state index contributed by atoms with van der Waals surface area (Å²) in [7, 11) is 0. The lowest BCUT2D eigenvalue weighted by molar-refractivity contribution is -0.142. The van der Waals surface area contributed by atoms with Crippen LogP contribution >= 0.6 is 0 Å². The van der Waals surface area contributed by atoms with E-state index in [1.165, 1.54) is 0 Å². The van der Waals surface area contributed by atoms with Crippen molar-refractivity contribution in [3.8, 4) is 0 Å². The molecule has 1 unspecified atom stereocenters. The summed E-state index contributed by atoms with van der Waals surface area (Å²) in [5, 5.41) is 11.8. The Morgan fingerprint density at radius 2 is 1.94 bits per heavy atom. The minimum absolute atomic E-state index is 0.0127. The van der Waals surface area contributed by atoms with E-state index in [1.807, 2.05) is 20.8 Å². The van der Waals surface area contributed by atoms with E-state index in [2.05, 4.69) is 5.32 Å². The number of amides is 1. The van der Waals surface area contributed by atoms with Gasteiger partial charge in [-0.1, -0.05) is 27.2 Å². The van der Waals surface area contributed by atoms with E-state index in [1.54, 1.807) is 0 Å². The Hall–Kier alpha value is -1.06. The molecule has 1 aliphatic carbocycles. The van der Waals surface area contributed by atoms with Crippen LogP contribution in [0.3, 0.4) is 0 Å². The third-order valence-corrected chi connectivity index (χ3v) is 3.62. The van der Waals surface area contributed by atoms with Crippen LogP contribution in [-0.2, 0) is 9.59 Å². The molecule has 4 heteroatoms. The Bertz CT molecular complexity index is 295. The first-order chi connectivity index (χ1) is 7.85. The van der Waals surface area contributed by atoms with Crippen molar-refractivity contribution in [2.45, 2.75) is 46.5 Å². The third-order valence-electron chi connectivity index (χ3n) is 3.62. The van der Waals surface area contributed by atoms with Gasteiger partial charge in [0.2, 0.25) is 5.91 Å². The zero-order valence-electron chi connectivity index (χ0n) is 11.0. The van der Waals surface area contributed by atoms with Gasteiger partial charge in [-0.2, -0.15) is 0 Å². The molecule has 0 aliphatic heterocycles. The monoisotopic (exact) mass is 241 g/mol. The molecule has 1 fully saturated rings. The van der Waals surface area contributed by atoms with Crippen molar-refractivity contribution >= 4 is 11.9 Å². The lowest BCUT2D eigenvalue weighted by Gasteiger charge is -2.36. The summed E-state index contributed by atoms with van der Waals surface area (Å²) >= 11 is 0. The quantitative estimate of drug-likeness (QED) is 0.748. The normalized spacial score (nSPS) is 19.5. The highest BCUT2D eigenvalue weighted by atomic mass is 16.4. The Morgan fingerprint density at radius 3 is 2.29 bits per heavy atom. The molecule has 98 valence electrons. The second-order valence-corrected chi connectivity index (χ2v) is 5.79. The lowest BCUT2D eigenvalue weighted by atomic mass is 9.70. The van der Waals surface area contributed by atoms with Crippen molar-refractivity contribution < 1.29 is 14.7 Å². The fourth-order valence-electron chi connectivity index (χ4n) is 2.20. The SMILES string of the molecule is CC(C)CC(CNC(=O)C1(C)CCC1)C(=O)O. The summed E-state index contributed by atoms with van der Waals surface area (Å²) in [5.74, 6) is -0.952. The molecule has 0 saturated heterocycles. The number of hydrogen-bond donors (Lipinski definition) is 2. The van der Waals surface area contributed by atoms with E-state index in [0.717, 1.165) is 19.3 Å². The van der Waals surface area contributed by atoms with Gasteiger partial charge in [0, 0.05) is 12.0 Å². The van der Waals surface area contributed by atoms with Crippen molar-refractivity contribution in [1.82, 2.24) is 5.32 Å². The third kappa shape index (κ3) is 3.72. The van der Waals surface area contributed by atoms with Crippen molar-refractivity contribution in [2.75, 3.05) is 6.54 Å². The molecule has 1 amide bonds. The zero-order valence-corrected chi connectivity index (χ0v) is 11.0. The second kappa shape index (κ2) is 5.52. The van der Waals surface area contributed by atoms with Crippen LogP contribution < -0.4 is 5.32 Å². The molecule has 0 bridgehead atoms. The van der Waals surface area contributed by atoms with Crippen molar-refractivity contribution in [3.63, 3.8) is 0 Å². The summed E-state index contributed by atoms with van der Waals surface area (Å²) in [6.45, 7) is 6.18. The molecule has 17 heavy (non-hydrogen) atoms. The summed E-state index contributed by atoms with van der Waals surface area (Å²) in [5.41, 5.74) is -0.249. The Kier molecular flexibility index (Phi) is 4.54. The molecule has 1 aliphatic rings. The minimum atomic E-state index is -0.822. The average molecular weight is 241 g/mol. The van der Waals surface area contributed by atoms with Crippen LogP contribution in [0.25, 0.3) is 0 Å². The number of hydrogen-bond acceptors (Lipinski definition) is 2. The van der Waals surface area contributed by atoms with Crippen molar-refractivity contribution in [2.24, 2.45) is 17.3 Å². The Morgan fingerprint density at radius 1 is 1.35 bits per heavy atom. The van der Waals surface area contributed by atoms with Gasteiger partial charge in [-0.25, -0.2) is 0 Å². The van der Waals surface area contributed by atoms with Gasteiger partial charge >= 0.3 is 5.97 Å². The number of nitrogens with one attached hydrogen (secondary N) is 1. The molecule has 0 radical (unpaired) electrons. The highest BCUT2D eigenvalue weighted by Gasteiger charge is 2.39. The fourth-order valence-corrected chi connectivity index (χ4v) is 2.20. The maximum Gasteiger partial charge on any atom is 0.308 e. The molecule has 0 aromatic rings. The molecule has 1 rings (SSSR count). The number of aliphatic carboxylic acids is 1. The first kappa shape index (κ1) is 14.0. The molecule has 4 nitrogen and oxygen atoms in total. The maximum absolute atomic E-state index is 11.9. The van der Waals surface area contributed by atoms with Crippen LogP contribution in [0, 0.1) is 17.3 Å². The first-order valence-corrected chi connectivity index (χ1v) is 6.36. The number of carboxylic acids is 1. The number of carboxylic acid groups (broad SMARTS) is 1. The number of carbonyl (C=O) groups excluding carboxylic acids is 1. The highest BCUT2D eigenvalue weighted by Crippen LogP contribution is 2.40. The van der Waals surface area contributed by atoms with Gasteiger partial charge in [0.05, 0.1) is 5.92 Å². The van der Waals surface area contributed by atoms with Crippen LogP contribution in [0.5, 0.6) is 0 Å². The van der Waals surface area contributed by atoms with Crippen LogP contribution in [-0.4, -0.2) is 23.5 Å². The predicted molar refractivity (Wildman–Crippen MR) is 65.5 cm³/mol. The zero-order chi connectivity index (χ0) is 13.1. The number of rotatable bonds is 6. The summed E-state index contributed by atoms with van der Waals surface area (Å²) in [4.78, 5) is 22.9. The average Bonchev–Trinajstić information content (AvgIpc) is 2.19. The topological polar surface area (TPSA) is 66.4 Å². The second-order valence-electron chi connectivity index (χ2n) is 5.79. The standard InChI is InChI=1S/C13H23NO3/c1-9(2)7-10(11(15)16)8-14-12(17)13(3)5-4-6-13/h9-10H,4-8H2,1-3H3,(H,14,17)(H,15,16). The largest absolute Gasteiger partial charge is 0.481 e. The van der Waals surface area contributed by atoms with Crippen LogP contribution in [0.4, 0.5) is 0 Å². The van der Waals surface area contributed by atoms with E-state index in [4.69, 9.17) is 5.11 Å². The minimum Gasteiger partial charge on any atom is -0.481 e. The van der Waals surface area contributed by atoms with Crippen LogP contribution in [0.1, 0.15) is 46.5 Å². The van der Waals surface area contributed by atoms with Crippen LogP contribution in [0.2, 0.25) is 0 Å². The Balaban J connectivity index is 2.41. The molecule has 2 N–H and O–H groups in total. The summed E-state index contributed by atoms with van der Waals surface area (Å²) in [6, 6.07) is 0. The van der Waals surface area contributed by atoms with Gasteiger partial charge in [0.15, 0.2) is 0 Å². The maximum atomic E-state index is 11.9. The van der Waals surface area contributed by atoms with E-state index in [0.29, 0.717) is 12.3 Å². The molecule has 1 atom stereocenters. The van der Waals surface area contributed by atoms with Gasteiger partial charge in [-0.3, -0.25) is 9.59 Å². The molecular formula is C13H23NO3. The van der Waals surface area contributed by atoms with E-state index < -0.39 is 11.9 Å². The smallest absolute Gasteiger partial charge is 0.308 e.